The molecule has 0 aliphatic heterocycles. The minimum atomic E-state index is -3.97. The topological polar surface area (TPSA) is 123 Å². The molecular formula is C19H19N5O4S4. The third-order valence-electron chi connectivity index (χ3n) is 4.34. The van der Waals surface area contributed by atoms with E-state index in [0.717, 1.165) is 16.2 Å². The first-order chi connectivity index (χ1) is 15.2. The molecule has 0 spiro atoms. The van der Waals surface area contributed by atoms with Gasteiger partial charge in [-0.1, -0.05) is 6.07 Å². The number of hydrogen-bond acceptors (Lipinski definition) is 8. The Balaban J connectivity index is 1.61. The summed E-state index contributed by atoms with van der Waals surface area (Å²) in [5.41, 5.74) is 0.598. The van der Waals surface area contributed by atoms with E-state index in [2.05, 4.69) is 19.5 Å². The van der Waals surface area contributed by atoms with Gasteiger partial charge in [0.1, 0.15) is 10.6 Å². The highest BCUT2D eigenvalue weighted by molar-refractivity contribution is 7.93. The third-order valence-corrected chi connectivity index (χ3v) is 8.77. The number of nitrogens with one attached hydrogen (secondary N) is 2. The van der Waals surface area contributed by atoms with Gasteiger partial charge < -0.3 is 0 Å². The van der Waals surface area contributed by atoms with E-state index in [1.807, 2.05) is 31.4 Å². The van der Waals surface area contributed by atoms with E-state index >= 15 is 0 Å². The Kier molecular flexibility index (Phi) is 6.07. The lowest BCUT2D eigenvalue weighted by atomic mass is 10.3. The zero-order valence-electron chi connectivity index (χ0n) is 17.0. The number of thiophene rings is 1. The molecule has 0 saturated carbocycles. The third kappa shape index (κ3) is 4.70. The average molecular weight is 510 g/mol. The fourth-order valence-corrected chi connectivity index (χ4v) is 6.57. The number of sulfonamides is 2. The molecule has 0 aliphatic carbocycles. The van der Waals surface area contributed by atoms with Crippen LogP contribution in [0.2, 0.25) is 0 Å². The SMILES string of the molecule is CC(C)n1cc(S(=O)(=O)Nc2ccc(S(=O)(=O)Nc3nccs3)cc2)c(-c2cccs2)n1. The van der Waals surface area contributed by atoms with E-state index < -0.39 is 20.0 Å². The van der Waals surface area contributed by atoms with Gasteiger partial charge in [-0.2, -0.15) is 5.10 Å². The fraction of sp³-hybridized carbons (Fsp3) is 0.158. The van der Waals surface area contributed by atoms with Gasteiger partial charge in [-0.25, -0.2) is 21.8 Å². The van der Waals surface area contributed by atoms with Crippen LogP contribution in [0.4, 0.5) is 10.8 Å². The van der Waals surface area contributed by atoms with E-state index in [1.165, 1.54) is 48.0 Å². The molecule has 1 aromatic carbocycles. The Hall–Kier alpha value is -2.74. The van der Waals surface area contributed by atoms with Crippen molar-refractivity contribution >= 4 is 53.5 Å². The van der Waals surface area contributed by atoms with Crippen molar-refractivity contribution in [1.29, 1.82) is 0 Å². The fourth-order valence-electron chi connectivity index (χ4n) is 2.78. The lowest BCUT2D eigenvalue weighted by Crippen LogP contribution is -2.14. The van der Waals surface area contributed by atoms with Gasteiger partial charge in [0, 0.05) is 29.5 Å². The molecule has 4 aromatic rings. The van der Waals surface area contributed by atoms with Crippen LogP contribution in [-0.4, -0.2) is 31.6 Å². The molecule has 2 N–H and O–H groups in total. The van der Waals surface area contributed by atoms with Gasteiger partial charge in [0.15, 0.2) is 5.13 Å². The van der Waals surface area contributed by atoms with Crippen molar-refractivity contribution in [3.8, 4) is 10.6 Å². The molecule has 0 unspecified atom stereocenters. The van der Waals surface area contributed by atoms with Gasteiger partial charge in [0.25, 0.3) is 20.0 Å². The molecule has 0 fully saturated rings. The molecule has 0 amide bonds. The summed E-state index contributed by atoms with van der Waals surface area (Å²) in [4.78, 5) is 4.68. The maximum Gasteiger partial charge on any atom is 0.265 e. The van der Waals surface area contributed by atoms with Crippen LogP contribution >= 0.6 is 22.7 Å². The van der Waals surface area contributed by atoms with Crippen molar-refractivity contribution in [2.45, 2.75) is 29.7 Å². The molecule has 13 heteroatoms. The van der Waals surface area contributed by atoms with Crippen molar-refractivity contribution in [3.05, 3.63) is 59.6 Å². The summed E-state index contributed by atoms with van der Waals surface area (Å²) in [6, 6.07) is 9.06. The Morgan fingerprint density at radius 1 is 0.938 bits per heavy atom. The predicted molar refractivity (Wildman–Crippen MR) is 126 cm³/mol. The Bertz CT molecular complexity index is 1410. The standard InChI is InChI=1S/C19H19N5O4S4/c1-13(2)24-12-17(18(21-24)16-4-3-10-29-16)32(27,28)22-14-5-7-15(8-6-14)31(25,26)23-19-20-9-11-30-19/h3-13,22H,1-2H3,(H,20,23). The number of aromatic nitrogens is 3. The Labute approximate surface area is 193 Å². The maximum absolute atomic E-state index is 13.1. The summed E-state index contributed by atoms with van der Waals surface area (Å²) in [5.74, 6) is 0. The molecule has 3 aromatic heterocycles. The summed E-state index contributed by atoms with van der Waals surface area (Å²) < 4.78 is 57.7. The zero-order chi connectivity index (χ0) is 22.9. The second kappa shape index (κ2) is 8.65. The highest BCUT2D eigenvalue weighted by atomic mass is 32.2. The van der Waals surface area contributed by atoms with Crippen LogP contribution in [0.1, 0.15) is 19.9 Å². The van der Waals surface area contributed by atoms with Crippen molar-refractivity contribution < 1.29 is 16.8 Å². The minimum absolute atomic E-state index is 0.0115. The van der Waals surface area contributed by atoms with Gasteiger partial charge >= 0.3 is 0 Å². The lowest BCUT2D eigenvalue weighted by Gasteiger charge is -2.09. The zero-order valence-corrected chi connectivity index (χ0v) is 20.2. The molecule has 0 radical (unpaired) electrons. The largest absolute Gasteiger partial charge is 0.280 e. The number of nitrogens with zero attached hydrogens (tertiary/aromatic N) is 3. The number of benzene rings is 1. The summed E-state index contributed by atoms with van der Waals surface area (Å²) in [6.45, 7) is 3.82. The minimum Gasteiger partial charge on any atom is -0.280 e. The van der Waals surface area contributed by atoms with Crippen molar-refractivity contribution in [3.63, 3.8) is 0 Å². The Morgan fingerprint density at radius 3 is 2.28 bits per heavy atom. The molecule has 0 aliphatic rings. The smallest absolute Gasteiger partial charge is 0.265 e. The molecule has 168 valence electrons. The monoisotopic (exact) mass is 509 g/mol. The molecule has 32 heavy (non-hydrogen) atoms. The summed E-state index contributed by atoms with van der Waals surface area (Å²) >= 11 is 2.55. The molecule has 9 nitrogen and oxygen atoms in total. The Morgan fingerprint density at radius 2 is 1.69 bits per heavy atom. The molecule has 0 bridgehead atoms. The van der Waals surface area contributed by atoms with E-state index in [4.69, 9.17) is 0 Å². The average Bonchev–Trinajstić information content (AvgIpc) is 3.48. The van der Waals surface area contributed by atoms with Gasteiger partial charge in [0.05, 0.1) is 9.77 Å². The highest BCUT2D eigenvalue weighted by Gasteiger charge is 2.25. The van der Waals surface area contributed by atoms with Crippen LogP contribution in [0.3, 0.4) is 0 Å². The first-order valence-electron chi connectivity index (χ1n) is 9.34. The number of rotatable bonds is 8. The first-order valence-corrected chi connectivity index (χ1v) is 14.1. The van der Waals surface area contributed by atoms with Gasteiger partial charge in [-0.05, 0) is 49.6 Å². The van der Waals surface area contributed by atoms with Crippen LogP contribution in [0.5, 0.6) is 0 Å². The molecule has 3 heterocycles. The summed E-state index contributed by atoms with van der Waals surface area (Å²) in [7, 11) is -7.80. The van der Waals surface area contributed by atoms with Crippen LogP contribution in [0.25, 0.3) is 10.6 Å². The summed E-state index contributed by atoms with van der Waals surface area (Å²) in [5, 5.41) is 8.21. The van der Waals surface area contributed by atoms with E-state index in [0.29, 0.717) is 5.69 Å². The molecule has 0 atom stereocenters. The van der Waals surface area contributed by atoms with Gasteiger partial charge in [-0.15, -0.1) is 22.7 Å². The van der Waals surface area contributed by atoms with Crippen LogP contribution in [-0.2, 0) is 20.0 Å². The number of anilines is 2. The van der Waals surface area contributed by atoms with Crippen molar-refractivity contribution in [1.82, 2.24) is 14.8 Å². The predicted octanol–water partition coefficient (Wildman–Crippen LogP) is 4.25. The normalized spacial score (nSPS) is 12.2. The quantitative estimate of drug-likeness (QED) is 0.366. The second-order valence-corrected chi connectivity index (χ2v) is 12.1. The van der Waals surface area contributed by atoms with Crippen LogP contribution in [0, 0.1) is 0 Å². The lowest BCUT2D eigenvalue weighted by molar-refractivity contribution is 0.532. The summed E-state index contributed by atoms with van der Waals surface area (Å²) in [6.07, 6.45) is 2.99. The maximum atomic E-state index is 13.1. The van der Waals surface area contributed by atoms with Crippen LogP contribution < -0.4 is 9.44 Å². The van der Waals surface area contributed by atoms with Gasteiger partial charge in [0.2, 0.25) is 0 Å². The van der Waals surface area contributed by atoms with E-state index in [-0.39, 0.29) is 26.7 Å². The number of thiazole rings is 1. The van der Waals surface area contributed by atoms with E-state index in [9.17, 15) is 16.8 Å². The molecule has 0 saturated heterocycles. The van der Waals surface area contributed by atoms with Gasteiger partial charge in [-0.3, -0.25) is 14.1 Å². The van der Waals surface area contributed by atoms with Crippen molar-refractivity contribution in [2.24, 2.45) is 0 Å². The second-order valence-electron chi connectivity index (χ2n) is 6.97. The molecular weight excluding hydrogens is 491 g/mol. The molecule has 4 rings (SSSR count). The van der Waals surface area contributed by atoms with Crippen LogP contribution in [0.15, 0.2) is 69.3 Å². The van der Waals surface area contributed by atoms with Crippen molar-refractivity contribution in [2.75, 3.05) is 9.44 Å². The number of hydrogen-bond donors (Lipinski definition) is 2. The first kappa shape index (κ1) is 22.5. The highest BCUT2D eigenvalue weighted by Crippen LogP contribution is 2.32. The van der Waals surface area contributed by atoms with E-state index in [1.54, 1.807) is 10.1 Å².